The summed E-state index contributed by atoms with van der Waals surface area (Å²) in [4.78, 5) is 4.59. The summed E-state index contributed by atoms with van der Waals surface area (Å²) in [5, 5.41) is 0. The zero-order valence-corrected chi connectivity index (χ0v) is 11.4. The van der Waals surface area contributed by atoms with Crippen LogP contribution in [0.2, 0.25) is 0 Å². The van der Waals surface area contributed by atoms with Crippen LogP contribution in [0.3, 0.4) is 0 Å². The second-order valence-electron chi connectivity index (χ2n) is 3.97. The number of fused-ring (bicyclic) bond motifs is 1. The Morgan fingerprint density at radius 1 is 1.22 bits per heavy atom. The summed E-state index contributed by atoms with van der Waals surface area (Å²) < 4.78 is 8.23. The van der Waals surface area contributed by atoms with Crippen LogP contribution in [-0.4, -0.2) is 16.5 Å². The van der Waals surface area contributed by atoms with Crippen molar-refractivity contribution in [2.45, 2.75) is 0 Å². The molecule has 0 saturated carbocycles. The van der Waals surface area contributed by atoms with Crippen LogP contribution in [0.1, 0.15) is 0 Å². The van der Waals surface area contributed by atoms with Gasteiger partial charge in [-0.05, 0) is 18.2 Å². The Hall–Kier alpha value is -1.81. The number of methoxy groups -OCH3 is 1. The predicted octanol–water partition coefficient (Wildman–Crippen LogP) is 3.77. The van der Waals surface area contributed by atoms with Gasteiger partial charge in [-0.15, -0.1) is 0 Å². The van der Waals surface area contributed by atoms with Gasteiger partial charge in [0.05, 0.1) is 12.8 Å². The van der Waals surface area contributed by atoms with Gasteiger partial charge < -0.3 is 9.14 Å². The lowest BCUT2D eigenvalue weighted by Crippen LogP contribution is -1.86. The number of hydrogen-bond donors (Lipinski definition) is 0. The Kier molecular flexibility index (Phi) is 2.80. The lowest BCUT2D eigenvalue weighted by molar-refractivity contribution is 0.414. The average Bonchev–Trinajstić information content (AvgIpc) is 2.81. The van der Waals surface area contributed by atoms with Gasteiger partial charge in [-0.1, -0.05) is 28.1 Å². The Balaban J connectivity index is 2.13. The van der Waals surface area contributed by atoms with Crippen LogP contribution < -0.4 is 4.74 Å². The van der Waals surface area contributed by atoms with Crippen molar-refractivity contribution >= 4 is 21.6 Å². The highest BCUT2D eigenvalue weighted by Crippen LogP contribution is 2.23. The summed E-state index contributed by atoms with van der Waals surface area (Å²) in [6.07, 6.45) is 3.96. The van der Waals surface area contributed by atoms with Crippen LogP contribution in [0, 0.1) is 0 Å². The number of ether oxygens (including phenoxy) is 1. The maximum atomic E-state index is 5.20. The van der Waals surface area contributed by atoms with E-state index in [9.17, 15) is 0 Å². The number of pyridine rings is 1. The van der Waals surface area contributed by atoms with Gasteiger partial charge in [0.25, 0.3) is 0 Å². The van der Waals surface area contributed by atoms with E-state index < -0.39 is 0 Å². The number of halogens is 1. The molecule has 2 heterocycles. The van der Waals surface area contributed by atoms with Crippen molar-refractivity contribution in [2.24, 2.45) is 0 Å². The highest BCUT2D eigenvalue weighted by Gasteiger charge is 2.05. The highest BCUT2D eigenvalue weighted by atomic mass is 79.9. The molecule has 0 saturated heterocycles. The fourth-order valence-electron chi connectivity index (χ4n) is 1.88. The van der Waals surface area contributed by atoms with E-state index in [0.717, 1.165) is 27.1 Å². The summed E-state index contributed by atoms with van der Waals surface area (Å²) in [5.74, 6) is 0.814. The molecule has 3 nitrogen and oxygen atoms in total. The van der Waals surface area contributed by atoms with Crippen LogP contribution in [0.25, 0.3) is 16.9 Å². The molecule has 0 atom stereocenters. The third kappa shape index (κ3) is 1.99. The molecule has 0 radical (unpaired) electrons. The topological polar surface area (TPSA) is 26.5 Å². The molecule has 0 fully saturated rings. The van der Waals surface area contributed by atoms with Crippen molar-refractivity contribution in [3.8, 4) is 17.0 Å². The zero-order chi connectivity index (χ0) is 12.5. The molecule has 18 heavy (non-hydrogen) atoms. The van der Waals surface area contributed by atoms with Gasteiger partial charge in [-0.2, -0.15) is 0 Å². The van der Waals surface area contributed by atoms with Crippen molar-refractivity contribution in [1.82, 2.24) is 9.38 Å². The predicted molar refractivity (Wildman–Crippen MR) is 74.9 cm³/mol. The van der Waals surface area contributed by atoms with Gasteiger partial charge in [0, 0.05) is 28.5 Å². The van der Waals surface area contributed by atoms with E-state index in [1.165, 1.54) is 0 Å². The van der Waals surface area contributed by atoms with E-state index in [1.807, 2.05) is 47.1 Å². The van der Waals surface area contributed by atoms with Crippen LogP contribution in [0.4, 0.5) is 0 Å². The minimum Gasteiger partial charge on any atom is -0.497 e. The lowest BCUT2D eigenvalue weighted by Gasteiger charge is -1.98. The zero-order valence-electron chi connectivity index (χ0n) is 9.80. The molecule has 4 heteroatoms. The molecule has 0 amide bonds. The van der Waals surface area contributed by atoms with Crippen LogP contribution in [-0.2, 0) is 0 Å². The SMILES string of the molecule is COc1ccn2cc(-c3cccc(Br)c3)nc2c1. The van der Waals surface area contributed by atoms with Crippen molar-refractivity contribution in [3.63, 3.8) is 0 Å². The van der Waals surface area contributed by atoms with Gasteiger partial charge in [-0.25, -0.2) is 4.98 Å². The normalized spacial score (nSPS) is 10.8. The average molecular weight is 303 g/mol. The Morgan fingerprint density at radius 3 is 2.89 bits per heavy atom. The van der Waals surface area contributed by atoms with Crippen molar-refractivity contribution in [1.29, 1.82) is 0 Å². The van der Waals surface area contributed by atoms with E-state index in [1.54, 1.807) is 7.11 Å². The number of aromatic nitrogens is 2. The molecule has 0 N–H and O–H groups in total. The maximum Gasteiger partial charge on any atom is 0.141 e. The molecule has 0 unspecified atom stereocenters. The first-order valence-corrected chi connectivity index (χ1v) is 6.34. The standard InChI is InChI=1S/C14H11BrN2O/c1-18-12-5-6-17-9-13(16-14(17)8-12)10-3-2-4-11(15)7-10/h2-9H,1H3. The largest absolute Gasteiger partial charge is 0.497 e. The van der Waals surface area contributed by atoms with Crippen molar-refractivity contribution in [2.75, 3.05) is 7.11 Å². The van der Waals surface area contributed by atoms with Crippen LogP contribution in [0.15, 0.2) is 53.3 Å². The fourth-order valence-corrected chi connectivity index (χ4v) is 2.28. The van der Waals surface area contributed by atoms with Crippen LogP contribution in [0.5, 0.6) is 5.75 Å². The van der Waals surface area contributed by atoms with Crippen molar-refractivity contribution in [3.05, 3.63) is 53.3 Å². The van der Waals surface area contributed by atoms with Gasteiger partial charge >= 0.3 is 0 Å². The highest BCUT2D eigenvalue weighted by molar-refractivity contribution is 9.10. The lowest BCUT2D eigenvalue weighted by atomic mass is 10.2. The third-order valence-electron chi connectivity index (χ3n) is 2.79. The summed E-state index contributed by atoms with van der Waals surface area (Å²) in [6.45, 7) is 0. The molecule has 3 rings (SSSR count). The summed E-state index contributed by atoms with van der Waals surface area (Å²) in [7, 11) is 1.66. The molecule has 0 bridgehead atoms. The maximum absolute atomic E-state index is 5.20. The van der Waals surface area contributed by atoms with E-state index in [-0.39, 0.29) is 0 Å². The van der Waals surface area contributed by atoms with Gasteiger partial charge in [0.15, 0.2) is 0 Å². The molecule has 90 valence electrons. The summed E-state index contributed by atoms with van der Waals surface area (Å²) in [6, 6.07) is 11.9. The number of nitrogens with zero attached hydrogens (tertiary/aromatic N) is 2. The second kappa shape index (κ2) is 4.46. The quantitative estimate of drug-likeness (QED) is 0.720. The minimum absolute atomic E-state index is 0.814. The second-order valence-corrected chi connectivity index (χ2v) is 4.88. The van der Waals surface area contributed by atoms with Gasteiger partial charge in [0.1, 0.15) is 11.4 Å². The molecule has 0 aliphatic carbocycles. The third-order valence-corrected chi connectivity index (χ3v) is 3.28. The van der Waals surface area contributed by atoms with Crippen molar-refractivity contribution < 1.29 is 4.74 Å². The molecule has 2 aromatic heterocycles. The first kappa shape index (κ1) is 11.3. The molecular weight excluding hydrogens is 292 g/mol. The van der Waals surface area contributed by atoms with E-state index in [4.69, 9.17) is 4.74 Å². The Bertz CT molecular complexity index is 706. The molecule has 3 aromatic rings. The molecular formula is C14H11BrN2O. The molecule has 0 aliphatic heterocycles. The monoisotopic (exact) mass is 302 g/mol. The van der Waals surface area contributed by atoms with E-state index in [0.29, 0.717) is 0 Å². The first-order valence-electron chi connectivity index (χ1n) is 5.55. The first-order chi connectivity index (χ1) is 8.76. The van der Waals surface area contributed by atoms with E-state index in [2.05, 4.69) is 27.0 Å². The summed E-state index contributed by atoms with van der Waals surface area (Å²) >= 11 is 3.47. The summed E-state index contributed by atoms with van der Waals surface area (Å²) in [5.41, 5.74) is 2.92. The minimum atomic E-state index is 0.814. The van der Waals surface area contributed by atoms with Gasteiger partial charge in [-0.3, -0.25) is 0 Å². The number of benzene rings is 1. The molecule has 0 aliphatic rings. The Morgan fingerprint density at radius 2 is 2.11 bits per heavy atom. The Labute approximate surface area is 113 Å². The fraction of sp³-hybridized carbons (Fsp3) is 0.0714. The molecule has 0 spiro atoms. The number of rotatable bonds is 2. The smallest absolute Gasteiger partial charge is 0.141 e. The van der Waals surface area contributed by atoms with Crippen LogP contribution >= 0.6 is 15.9 Å². The molecule has 1 aromatic carbocycles. The van der Waals surface area contributed by atoms with E-state index >= 15 is 0 Å². The number of imidazole rings is 1. The van der Waals surface area contributed by atoms with Gasteiger partial charge in [0.2, 0.25) is 0 Å². The number of hydrogen-bond acceptors (Lipinski definition) is 2.